The molecule has 0 saturated carbocycles. The zero-order chi connectivity index (χ0) is 49.9. The van der Waals surface area contributed by atoms with Crippen LogP contribution in [0.2, 0.25) is 0 Å². The summed E-state index contributed by atoms with van der Waals surface area (Å²) in [4.78, 5) is 59.0. The van der Waals surface area contributed by atoms with Gasteiger partial charge in [-0.2, -0.15) is 9.97 Å². The maximum absolute atomic E-state index is 17.7. The molecule has 71 heavy (non-hydrogen) atoms. The molecule has 16 heteroatoms. The van der Waals surface area contributed by atoms with Crippen molar-refractivity contribution in [3.63, 3.8) is 0 Å². The van der Waals surface area contributed by atoms with Gasteiger partial charge in [0, 0.05) is 56.0 Å². The minimum atomic E-state index is -0.999. The van der Waals surface area contributed by atoms with E-state index in [4.69, 9.17) is 30.4 Å². The van der Waals surface area contributed by atoms with Crippen LogP contribution in [0.3, 0.4) is 0 Å². The third-order valence-corrected chi connectivity index (χ3v) is 14.9. The molecule has 4 fully saturated rings. The highest BCUT2D eigenvalue weighted by Crippen LogP contribution is 2.43. The van der Waals surface area contributed by atoms with Crippen molar-refractivity contribution in [2.24, 2.45) is 0 Å². The lowest BCUT2D eigenvalue weighted by molar-refractivity contribution is -0.152. The molecule has 2 aromatic carbocycles. The number of amides is 1. The summed E-state index contributed by atoms with van der Waals surface area (Å²) < 4.78 is 70.9. The van der Waals surface area contributed by atoms with Crippen molar-refractivity contribution in [1.82, 2.24) is 24.8 Å². The second-order valence-corrected chi connectivity index (χ2v) is 20.0. The molecular weight excluding hydrogens is 914 g/mol. The van der Waals surface area contributed by atoms with Crippen LogP contribution in [0.4, 0.5) is 23.8 Å². The normalized spacial score (nSPS) is 20.6. The number of unbranched alkanes of at least 4 members (excludes halogenated alkanes) is 12. The van der Waals surface area contributed by atoms with Crippen molar-refractivity contribution in [2.45, 2.75) is 172 Å². The number of halogens is 3. The van der Waals surface area contributed by atoms with E-state index in [9.17, 15) is 18.8 Å². The Hall–Kier alpha value is -5.69. The molecule has 382 valence electrons. The number of hydrogen-bond donors (Lipinski definition) is 0. The molecule has 0 N–H and O–H groups in total. The van der Waals surface area contributed by atoms with Crippen molar-refractivity contribution >= 4 is 45.5 Å². The molecule has 0 aliphatic carbocycles. The highest BCUT2D eigenvalue weighted by Gasteiger charge is 2.50. The summed E-state index contributed by atoms with van der Waals surface area (Å²) in [6.45, 7) is 5.64. The largest absolute Gasteiger partial charge is 0.461 e. The highest BCUT2D eigenvalue weighted by molar-refractivity contribution is 6.03. The van der Waals surface area contributed by atoms with E-state index in [1.54, 1.807) is 11.0 Å². The van der Waals surface area contributed by atoms with E-state index in [1.165, 1.54) is 56.5 Å². The van der Waals surface area contributed by atoms with Crippen LogP contribution in [0.25, 0.3) is 32.9 Å². The smallest absolute Gasteiger partial charge is 0.413 e. The molecule has 2 bridgehead atoms. The molecule has 6 heterocycles. The first-order valence-electron chi connectivity index (χ1n) is 26.2. The molecule has 4 atom stereocenters. The number of anilines is 1. The second kappa shape index (κ2) is 24.2. The van der Waals surface area contributed by atoms with Crippen molar-refractivity contribution in [3.05, 3.63) is 47.7 Å². The summed E-state index contributed by atoms with van der Waals surface area (Å²) in [7, 11) is 0. The standard InChI is InChI=1S/C55H69F3N6O7/c1-4-7-9-11-13-15-17-20-46(65)69-36-70-54(67)64-39-23-24-40(64)34-62(33-39)52-44-31-59-50(49(58)51(44)60-53(61-52)68-35-55-26-19-27-63(55)32-38(56)30-55)43-29-41(28-37-22-25-45(57)42(6-3)48(37)43)71-47(66)21-18-16-14-12-10-8-5-2/h3,22,25,28-29,31,38-40H,4-5,7-21,23-24,26-27,30,32-36H2,1-2H3/t38-,39?,40?,55+/m1/s1. The number of piperazine rings is 1. The van der Waals surface area contributed by atoms with Gasteiger partial charge < -0.3 is 23.8 Å². The molecule has 2 aromatic heterocycles. The zero-order valence-corrected chi connectivity index (χ0v) is 41.5. The number of ether oxygens (including phenoxy) is 4. The first-order chi connectivity index (χ1) is 34.5. The number of terminal acetylenes is 1. The van der Waals surface area contributed by atoms with Gasteiger partial charge in [0.1, 0.15) is 41.4 Å². The predicted octanol–water partition coefficient (Wildman–Crippen LogP) is 11.5. The molecule has 1 amide bonds. The number of nitrogens with zero attached hydrogens (tertiary/aromatic N) is 6. The number of aromatic nitrogens is 3. The van der Waals surface area contributed by atoms with Crippen molar-refractivity contribution in [3.8, 4) is 35.4 Å². The lowest BCUT2D eigenvalue weighted by Crippen LogP contribution is -2.56. The van der Waals surface area contributed by atoms with E-state index in [0.29, 0.717) is 56.5 Å². The Morgan fingerprint density at radius 2 is 1.52 bits per heavy atom. The molecule has 4 aliphatic heterocycles. The van der Waals surface area contributed by atoms with Gasteiger partial charge in [0.05, 0.1) is 28.6 Å². The number of benzene rings is 2. The Morgan fingerprint density at radius 3 is 2.21 bits per heavy atom. The molecule has 0 spiro atoms. The number of esters is 2. The minimum Gasteiger partial charge on any atom is -0.461 e. The number of hydrogen-bond acceptors (Lipinski definition) is 12. The Bertz CT molecular complexity index is 2560. The number of pyridine rings is 1. The zero-order valence-electron chi connectivity index (χ0n) is 41.5. The SMILES string of the molecule is C#Cc1c(F)ccc2cc(OC(=O)CCCCCCCCC)cc(-c3ncc4c(N5CC6CCC(C5)N6C(=O)OCOC(=O)CCCCCCCCC)nc(OC[C@@]56CCCN5C[C@H](F)C6)nc4c3F)c12. The molecule has 2 unspecified atom stereocenters. The number of carbonyl (C=O) groups is 3. The van der Waals surface area contributed by atoms with Crippen molar-refractivity contribution in [2.75, 3.05) is 44.5 Å². The van der Waals surface area contributed by atoms with Gasteiger partial charge in [-0.05, 0) is 68.7 Å². The van der Waals surface area contributed by atoms with Crippen LogP contribution in [0, 0.1) is 24.0 Å². The summed E-state index contributed by atoms with van der Waals surface area (Å²) in [6, 6.07) is 5.03. The fourth-order valence-electron chi connectivity index (χ4n) is 11.3. The third-order valence-electron chi connectivity index (χ3n) is 14.9. The van der Waals surface area contributed by atoms with Crippen LogP contribution >= 0.6 is 0 Å². The Kier molecular flexibility index (Phi) is 17.6. The first-order valence-corrected chi connectivity index (χ1v) is 26.2. The van der Waals surface area contributed by atoms with Gasteiger partial charge in [-0.15, -0.1) is 6.42 Å². The Labute approximate surface area is 415 Å². The molecule has 0 radical (unpaired) electrons. The van der Waals surface area contributed by atoms with E-state index < -0.39 is 48.2 Å². The van der Waals surface area contributed by atoms with Gasteiger partial charge in [0.25, 0.3) is 0 Å². The van der Waals surface area contributed by atoms with E-state index >= 15 is 8.78 Å². The molecule has 13 nitrogen and oxygen atoms in total. The Balaban J connectivity index is 1.05. The molecule has 4 aliphatic rings. The second-order valence-electron chi connectivity index (χ2n) is 20.0. The van der Waals surface area contributed by atoms with Crippen LogP contribution in [0.5, 0.6) is 11.8 Å². The van der Waals surface area contributed by atoms with Crippen LogP contribution in [-0.2, 0) is 19.1 Å². The van der Waals surface area contributed by atoms with E-state index in [1.807, 2.05) is 4.90 Å². The Morgan fingerprint density at radius 1 is 0.845 bits per heavy atom. The summed E-state index contributed by atoms with van der Waals surface area (Å²) in [5.74, 6) is 0.471. The maximum Gasteiger partial charge on any atom is 0.413 e. The molecule has 4 aromatic rings. The summed E-state index contributed by atoms with van der Waals surface area (Å²) in [5.41, 5.74) is -0.897. The quantitative estimate of drug-likeness (QED) is 0.0217. The van der Waals surface area contributed by atoms with Crippen molar-refractivity contribution in [1.29, 1.82) is 0 Å². The van der Waals surface area contributed by atoms with E-state index in [2.05, 4.69) is 34.6 Å². The highest BCUT2D eigenvalue weighted by atomic mass is 19.1. The first kappa shape index (κ1) is 51.7. The minimum absolute atomic E-state index is 0.0914. The fourth-order valence-corrected chi connectivity index (χ4v) is 11.3. The van der Waals surface area contributed by atoms with Gasteiger partial charge >= 0.3 is 24.0 Å². The van der Waals surface area contributed by atoms with Crippen molar-refractivity contribution < 1.29 is 46.5 Å². The van der Waals surface area contributed by atoms with Crippen LogP contribution in [0.15, 0.2) is 30.5 Å². The fraction of sp³-hybridized carbons (Fsp3) is 0.600. The number of fused-ring (bicyclic) bond motifs is 5. The van der Waals surface area contributed by atoms with Gasteiger partial charge in [0.15, 0.2) is 5.82 Å². The number of rotatable bonds is 24. The van der Waals surface area contributed by atoms with Gasteiger partial charge in [0.2, 0.25) is 6.79 Å². The van der Waals surface area contributed by atoms with Gasteiger partial charge in [-0.3, -0.25) is 24.4 Å². The lowest BCUT2D eigenvalue weighted by Gasteiger charge is -2.41. The van der Waals surface area contributed by atoms with Crippen LogP contribution in [-0.4, -0.2) is 106 Å². The average Bonchev–Trinajstić information content (AvgIpc) is 3.98. The van der Waals surface area contributed by atoms with E-state index in [-0.39, 0.29) is 76.4 Å². The summed E-state index contributed by atoms with van der Waals surface area (Å²) >= 11 is 0. The maximum atomic E-state index is 17.7. The molecule has 4 saturated heterocycles. The van der Waals surface area contributed by atoms with Crippen LogP contribution < -0.4 is 14.4 Å². The number of alkyl halides is 1. The predicted molar refractivity (Wildman–Crippen MR) is 266 cm³/mol. The van der Waals surface area contributed by atoms with Crippen LogP contribution in [0.1, 0.15) is 154 Å². The topological polar surface area (TPSA) is 137 Å². The summed E-state index contributed by atoms with van der Waals surface area (Å²) in [6.07, 6.45) is 24.2. The lowest BCUT2D eigenvalue weighted by atomic mass is 9.95. The molecular formula is C55H69F3N6O7. The third kappa shape index (κ3) is 12.2. The van der Waals surface area contributed by atoms with Gasteiger partial charge in [-0.1, -0.05) is 103 Å². The average molecular weight is 983 g/mol. The van der Waals surface area contributed by atoms with E-state index in [0.717, 1.165) is 70.8 Å². The number of carbonyl (C=O) groups excluding carboxylic acids is 3. The summed E-state index contributed by atoms with van der Waals surface area (Å²) in [5, 5.41) is 0.888. The molecule has 8 rings (SSSR count). The van der Waals surface area contributed by atoms with Gasteiger partial charge in [-0.25, -0.2) is 18.0 Å². The monoisotopic (exact) mass is 983 g/mol.